The summed E-state index contributed by atoms with van der Waals surface area (Å²) in [5.74, 6) is -0.489. The van der Waals surface area contributed by atoms with Gasteiger partial charge >= 0.3 is 0 Å². The molecule has 1 aliphatic heterocycles. The van der Waals surface area contributed by atoms with Gasteiger partial charge in [0.2, 0.25) is 11.8 Å². The quantitative estimate of drug-likeness (QED) is 0.759. The maximum Gasteiger partial charge on any atom is 0.248 e. The molecule has 2 fully saturated rings. The number of carbonyl (C=O) groups excluding carboxylic acids is 2. The van der Waals surface area contributed by atoms with Crippen LogP contribution in [0, 0.1) is 5.41 Å². The summed E-state index contributed by atoms with van der Waals surface area (Å²) in [5.41, 5.74) is 1.47. The number of nitrogens with one attached hydrogen (secondary N) is 1. The number of carbonyl (C=O) groups is 2. The van der Waals surface area contributed by atoms with Gasteiger partial charge in [-0.25, -0.2) is 4.68 Å². The van der Waals surface area contributed by atoms with Crippen LogP contribution in [-0.2, 0) is 15.0 Å². The van der Waals surface area contributed by atoms with E-state index in [0.29, 0.717) is 0 Å². The van der Waals surface area contributed by atoms with Crippen molar-refractivity contribution >= 4 is 11.8 Å². The number of aromatic nitrogens is 3. The summed E-state index contributed by atoms with van der Waals surface area (Å²) in [6.07, 6.45) is 3.41. The van der Waals surface area contributed by atoms with Crippen molar-refractivity contribution in [1.82, 2.24) is 25.2 Å². The van der Waals surface area contributed by atoms with Crippen molar-refractivity contribution in [1.29, 1.82) is 0 Å². The van der Waals surface area contributed by atoms with Gasteiger partial charge in [0.15, 0.2) is 0 Å². The molecule has 2 aliphatic rings. The van der Waals surface area contributed by atoms with Crippen LogP contribution >= 0.6 is 0 Å². The van der Waals surface area contributed by atoms with Gasteiger partial charge in [0, 0.05) is 25.4 Å². The Labute approximate surface area is 182 Å². The molecule has 1 aliphatic carbocycles. The Hall–Kier alpha value is -2.74. The van der Waals surface area contributed by atoms with Crippen molar-refractivity contribution in [2.75, 3.05) is 13.6 Å². The molecule has 0 spiro atoms. The molecule has 0 bridgehead atoms. The third kappa shape index (κ3) is 3.84. The lowest BCUT2D eigenvalue weighted by Gasteiger charge is -2.34. The first-order chi connectivity index (χ1) is 14.7. The van der Waals surface area contributed by atoms with Crippen LogP contribution in [0.3, 0.4) is 0 Å². The second-order valence-electron chi connectivity index (χ2n) is 9.81. The van der Waals surface area contributed by atoms with E-state index in [9.17, 15) is 14.7 Å². The predicted octanol–water partition coefficient (Wildman–Crippen LogP) is 1.65. The van der Waals surface area contributed by atoms with E-state index in [-0.39, 0.29) is 30.2 Å². The van der Waals surface area contributed by atoms with E-state index in [2.05, 4.69) is 27.8 Å². The average molecular weight is 426 g/mol. The van der Waals surface area contributed by atoms with E-state index in [0.717, 1.165) is 18.5 Å². The SMILES string of the molecule is CNC(=O)[C@H]1CC(O)CN1C(=O)C(n1cc(C2(c3ccccc3)CC2)nn1)C(C)(C)C. The standard InChI is InChI=1S/C23H31N5O3/c1-22(2,3)19(21(31)27-13-16(29)12-17(27)20(30)24-4)28-14-18(25-26-28)23(10-11-23)15-8-6-5-7-9-15/h5-9,14,16-17,19,29H,10-13H2,1-4H3,(H,24,30)/t16?,17-,19?/m1/s1. The first-order valence-electron chi connectivity index (χ1n) is 10.9. The molecule has 1 saturated carbocycles. The van der Waals surface area contributed by atoms with Crippen molar-refractivity contribution in [3.8, 4) is 0 Å². The number of hydrogen-bond acceptors (Lipinski definition) is 5. The fraction of sp³-hybridized carbons (Fsp3) is 0.565. The summed E-state index contributed by atoms with van der Waals surface area (Å²) < 4.78 is 1.65. The van der Waals surface area contributed by atoms with Gasteiger partial charge < -0.3 is 15.3 Å². The summed E-state index contributed by atoms with van der Waals surface area (Å²) in [4.78, 5) is 27.5. The van der Waals surface area contributed by atoms with Crippen LogP contribution in [0.25, 0.3) is 0 Å². The third-order valence-corrected chi connectivity index (χ3v) is 6.51. The Balaban J connectivity index is 1.66. The molecule has 2 heterocycles. The normalized spacial score (nSPS) is 23.5. The van der Waals surface area contributed by atoms with E-state index in [1.807, 2.05) is 45.2 Å². The van der Waals surface area contributed by atoms with Gasteiger partial charge in [-0.05, 0) is 23.8 Å². The van der Waals surface area contributed by atoms with Gasteiger partial charge in [-0.1, -0.05) is 56.3 Å². The van der Waals surface area contributed by atoms with Crippen LogP contribution in [0.4, 0.5) is 0 Å². The van der Waals surface area contributed by atoms with Crippen molar-refractivity contribution in [2.24, 2.45) is 5.41 Å². The first kappa shape index (κ1) is 21.5. The lowest BCUT2D eigenvalue weighted by Crippen LogP contribution is -2.49. The summed E-state index contributed by atoms with van der Waals surface area (Å²) in [6.45, 7) is 6.06. The Bertz CT molecular complexity index is 961. The zero-order valence-electron chi connectivity index (χ0n) is 18.6. The van der Waals surface area contributed by atoms with E-state index < -0.39 is 23.6 Å². The Morgan fingerprint density at radius 1 is 1.23 bits per heavy atom. The van der Waals surface area contributed by atoms with Crippen LogP contribution in [-0.4, -0.2) is 62.6 Å². The average Bonchev–Trinajstić information content (AvgIpc) is 3.24. The maximum absolute atomic E-state index is 13.7. The van der Waals surface area contributed by atoms with Crippen molar-refractivity contribution in [2.45, 2.75) is 63.6 Å². The van der Waals surface area contributed by atoms with E-state index >= 15 is 0 Å². The van der Waals surface area contributed by atoms with Crippen LogP contribution in [0.15, 0.2) is 36.5 Å². The number of nitrogens with zero attached hydrogens (tertiary/aromatic N) is 4. The minimum Gasteiger partial charge on any atom is -0.391 e. The van der Waals surface area contributed by atoms with Gasteiger partial charge in [-0.3, -0.25) is 9.59 Å². The van der Waals surface area contributed by atoms with Gasteiger partial charge in [0.25, 0.3) is 0 Å². The Kier molecular flexibility index (Phi) is 5.37. The highest BCUT2D eigenvalue weighted by Gasteiger charge is 2.50. The summed E-state index contributed by atoms with van der Waals surface area (Å²) in [6, 6.07) is 8.95. The summed E-state index contributed by atoms with van der Waals surface area (Å²) in [7, 11) is 1.54. The summed E-state index contributed by atoms with van der Waals surface area (Å²) in [5, 5.41) is 21.6. The highest BCUT2D eigenvalue weighted by Crippen LogP contribution is 2.52. The minimum absolute atomic E-state index is 0.138. The predicted molar refractivity (Wildman–Crippen MR) is 115 cm³/mol. The molecular formula is C23H31N5O3. The largest absolute Gasteiger partial charge is 0.391 e. The van der Waals surface area contributed by atoms with Gasteiger partial charge in [-0.15, -0.1) is 5.10 Å². The molecule has 1 aromatic heterocycles. The lowest BCUT2D eigenvalue weighted by atomic mass is 9.85. The zero-order chi connectivity index (χ0) is 22.4. The molecule has 2 unspecified atom stereocenters. The molecule has 2 amide bonds. The summed E-state index contributed by atoms with van der Waals surface area (Å²) >= 11 is 0. The number of aliphatic hydroxyl groups is 1. The van der Waals surface area contributed by atoms with Gasteiger partial charge in [-0.2, -0.15) is 0 Å². The van der Waals surface area contributed by atoms with Crippen molar-refractivity contribution in [3.63, 3.8) is 0 Å². The van der Waals surface area contributed by atoms with E-state index in [1.165, 1.54) is 10.5 Å². The number of aliphatic hydroxyl groups excluding tert-OH is 1. The second kappa shape index (κ2) is 7.75. The van der Waals surface area contributed by atoms with Crippen LogP contribution in [0.2, 0.25) is 0 Å². The Morgan fingerprint density at radius 3 is 2.48 bits per heavy atom. The maximum atomic E-state index is 13.7. The van der Waals surface area contributed by atoms with Gasteiger partial charge in [0.1, 0.15) is 12.1 Å². The van der Waals surface area contributed by atoms with Crippen LogP contribution in [0.1, 0.15) is 57.3 Å². The first-order valence-corrected chi connectivity index (χ1v) is 10.9. The highest BCUT2D eigenvalue weighted by atomic mass is 16.3. The number of likely N-dealkylation sites (N-methyl/N-ethyl adjacent to an activating group) is 1. The minimum atomic E-state index is -0.717. The van der Waals surface area contributed by atoms with Crippen molar-refractivity contribution < 1.29 is 14.7 Å². The number of rotatable bonds is 5. The van der Waals surface area contributed by atoms with Crippen LogP contribution in [0.5, 0.6) is 0 Å². The van der Waals surface area contributed by atoms with Crippen LogP contribution < -0.4 is 5.32 Å². The molecule has 2 N–H and O–H groups in total. The molecule has 4 rings (SSSR count). The fourth-order valence-electron chi connectivity index (χ4n) is 4.71. The van der Waals surface area contributed by atoms with Gasteiger partial charge in [0.05, 0.1) is 18.0 Å². The second-order valence-corrected chi connectivity index (χ2v) is 9.81. The molecule has 8 nitrogen and oxygen atoms in total. The van der Waals surface area contributed by atoms with E-state index in [1.54, 1.807) is 11.7 Å². The zero-order valence-corrected chi connectivity index (χ0v) is 18.6. The fourth-order valence-corrected chi connectivity index (χ4v) is 4.71. The molecule has 166 valence electrons. The number of amides is 2. The smallest absolute Gasteiger partial charge is 0.248 e. The highest BCUT2D eigenvalue weighted by molar-refractivity contribution is 5.90. The monoisotopic (exact) mass is 425 g/mol. The molecule has 31 heavy (non-hydrogen) atoms. The number of hydrogen-bond donors (Lipinski definition) is 2. The topological polar surface area (TPSA) is 100 Å². The molecule has 1 aromatic carbocycles. The number of likely N-dealkylation sites (tertiary alicyclic amines) is 1. The van der Waals surface area contributed by atoms with Crippen molar-refractivity contribution in [3.05, 3.63) is 47.8 Å². The third-order valence-electron chi connectivity index (χ3n) is 6.51. The molecule has 2 aromatic rings. The molecule has 3 atom stereocenters. The molecular weight excluding hydrogens is 394 g/mol. The van der Waals surface area contributed by atoms with E-state index in [4.69, 9.17) is 0 Å². The molecule has 8 heteroatoms. The Morgan fingerprint density at radius 2 is 1.90 bits per heavy atom. The lowest BCUT2D eigenvalue weighted by molar-refractivity contribution is -0.144. The number of β-amino-alcohol motifs (C(OH)–C–C–N with tert-alkyl or cyclic N) is 1. The molecule has 0 radical (unpaired) electrons. The molecule has 1 saturated heterocycles. The number of benzene rings is 1.